The van der Waals surface area contributed by atoms with Crippen LogP contribution in [0.3, 0.4) is 0 Å². The summed E-state index contributed by atoms with van der Waals surface area (Å²) >= 11 is 6.04. The van der Waals surface area contributed by atoms with Crippen molar-refractivity contribution in [2.24, 2.45) is 0 Å². The van der Waals surface area contributed by atoms with Crippen LogP contribution in [0.4, 0.5) is 5.69 Å². The maximum atomic E-state index is 13.8. The molecule has 196 valence electrons. The lowest BCUT2D eigenvalue weighted by molar-refractivity contribution is -0.139. The highest BCUT2D eigenvalue weighted by Gasteiger charge is 2.32. The van der Waals surface area contributed by atoms with Gasteiger partial charge < -0.3 is 10.2 Å². The summed E-state index contributed by atoms with van der Waals surface area (Å²) in [6, 6.07) is 21.0. The number of nitrogens with one attached hydrogen (secondary N) is 1. The molecule has 0 aliphatic rings. The van der Waals surface area contributed by atoms with Gasteiger partial charge in [0.1, 0.15) is 12.6 Å². The number of anilines is 1. The van der Waals surface area contributed by atoms with E-state index < -0.39 is 28.5 Å². The molecule has 0 saturated heterocycles. The molecule has 3 aromatic carbocycles. The Hall–Kier alpha value is -3.36. The predicted octanol–water partition coefficient (Wildman–Crippen LogP) is 4.79. The first kappa shape index (κ1) is 28.2. The smallest absolute Gasteiger partial charge is 0.264 e. The predicted molar refractivity (Wildman–Crippen MR) is 147 cm³/mol. The normalized spacial score (nSPS) is 12.0. The van der Waals surface area contributed by atoms with Crippen LogP contribution in [0, 0.1) is 6.92 Å². The van der Waals surface area contributed by atoms with E-state index >= 15 is 0 Å². The molecule has 1 unspecified atom stereocenters. The van der Waals surface area contributed by atoms with Crippen LogP contribution in [0.5, 0.6) is 0 Å². The average molecular weight is 542 g/mol. The van der Waals surface area contributed by atoms with Crippen LogP contribution in [-0.4, -0.2) is 44.3 Å². The Balaban J connectivity index is 2.00. The molecule has 0 radical (unpaired) electrons. The van der Waals surface area contributed by atoms with Gasteiger partial charge in [0, 0.05) is 18.1 Å². The molecule has 1 atom stereocenters. The van der Waals surface area contributed by atoms with E-state index in [-0.39, 0.29) is 17.3 Å². The molecule has 0 aromatic heterocycles. The number of hydrogen-bond donors (Lipinski definition) is 1. The van der Waals surface area contributed by atoms with Gasteiger partial charge in [-0.15, -0.1) is 0 Å². The monoisotopic (exact) mass is 541 g/mol. The van der Waals surface area contributed by atoms with Crippen LogP contribution in [0.2, 0.25) is 5.02 Å². The van der Waals surface area contributed by atoms with Gasteiger partial charge in [0.25, 0.3) is 10.0 Å². The summed E-state index contributed by atoms with van der Waals surface area (Å²) in [6.45, 7) is 5.68. The maximum Gasteiger partial charge on any atom is 0.264 e. The molecule has 0 heterocycles. The van der Waals surface area contributed by atoms with Crippen molar-refractivity contribution in [3.63, 3.8) is 0 Å². The number of sulfonamides is 1. The van der Waals surface area contributed by atoms with Crippen molar-refractivity contribution in [1.82, 2.24) is 10.2 Å². The Morgan fingerprint density at radius 3 is 2.27 bits per heavy atom. The molecule has 0 spiro atoms. The standard InChI is InChI=1S/C28H32ClN3O4S/c1-4-17-30-28(34)22(3)31(19-23-10-8-9-21(2)18-23)27(33)20-32(25-15-13-24(29)14-16-25)37(35,36)26-11-6-5-7-12-26/h5-16,18,22H,4,17,19-20H2,1-3H3,(H,30,34). The number of carbonyl (C=O) groups excluding carboxylic acids is 2. The third kappa shape index (κ3) is 7.33. The van der Waals surface area contributed by atoms with Crippen molar-refractivity contribution in [2.45, 2.75) is 44.7 Å². The van der Waals surface area contributed by atoms with Gasteiger partial charge in [0.05, 0.1) is 10.6 Å². The van der Waals surface area contributed by atoms with Crippen LogP contribution in [0.15, 0.2) is 83.8 Å². The van der Waals surface area contributed by atoms with Gasteiger partial charge >= 0.3 is 0 Å². The molecule has 0 fully saturated rings. The third-order valence-corrected chi connectivity index (χ3v) is 7.92. The number of rotatable bonds is 11. The molecule has 2 amide bonds. The molecule has 0 aliphatic carbocycles. The fourth-order valence-electron chi connectivity index (χ4n) is 3.84. The summed E-state index contributed by atoms with van der Waals surface area (Å²) in [7, 11) is -4.09. The van der Waals surface area contributed by atoms with Crippen LogP contribution in [0.25, 0.3) is 0 Å². The third-order valence-electron chi connectivity index (χ3n) is 5.88. The number of nitrogens with zero attached hydrogens (tertiary/aromatic N) is 2. The Bertz CT molecular complexity index is 1310. The highest BCUT2D eigenvalue weighted by Crippen LogP contribution is 2.26. The molecular weight excluding hydrogens is 510 g/mol. The van der Waals surface area contributed by atoms with Crippen LogP contribution in [-0.2, 0) is 26.2 Å². The maximum absolute atomic E-state index is 13.8. The van der Waals surface area contributed by atoms with E-state index in [9.17, 15) is 18.0 Å². The Kier molecular flexibility index (Phi) is 9.72. The van der Waals surface area contributed by atoms with Crippen molar-refractivity contribution in [3.05, 3.63) is 95.0 Å². The highest BCUT2D eigenvalue weighted by atomic mass is 35.5. The minimum Gasteiger partial charge on any atom is -0.354 e. The SMILES string of the molecule is CCCNC(=O)C(C)N(Cc1cccc(C)c1)C(=O)CN(c1ccc(Cl)cc1)S(=O)(=O)c1ccccc1. The zero-order valence-electron chi connectivity index (χ0n) is 21.2. The zero-order valence-corrected chi connectivity index (χ0v) is 22.8. The number of carbonyl (C=O) groups is 2. The van der Waals surface area contributed by atoms with Gasteiger partial charge in [-0.1, -0.05) is 66.6 Å². The summed E-state index contributed by atoms with van der Waals surface area (Å²) in [6.07, 6.45) is 0.754. The van der Waals surface area contributed by atoms with E-state index in [0.717, 1.165) is 21.9 Å². The van der Waals surface area contributed by atoms with Gasteiger partial charge in [-0.3, -0.25) is 13.9 Å². The second-order valence-corrected chi connectivity index (χ2v) is 11.1. The number of hydrogen-bond acceptors (Lipinski definition) is 4. The number of aryl methyl sites for hydroxylation is 1. The first-order valence-electron chi connectivity index (χ1n) is 12.1. The van der Waals surface area contributed by atoms with E-state index in [0.29, 0.717) is 17.3 Å². The molecule has 37 heavy (non-hydrogen) atoms. The lowest BCUT2D eigenvalue weighted by Crippen LogP contribution is -2.51. The van der Waals surface area contributed by atoms with E-state index in [1.807, 2.05) is 38.1 Å². The van der Waals surface area contributed by atoms with Crippen LogP contribution >= 0.6 is 11.6 Å². The lowest BCUT2D eigenvalue weighted by Gasteiger charge is -2.32. The fourth-order valence-corrected chi connectivity index (χ4v) is 5.40. The Morgan fingerprint density at radius 1 is 0.973 bits per heavy atom. The molecule has 7 nitrogen and oxygen atoms in total. The van der Waals surface area contributed by atoms with Crippen molar-refractivity contribution >= 4 is 39.1 Å². The number of halogens is 1. The summed E-state index contributed by atoms with van der Waals surface area (Å²) in [4.78, 5) is 28.1. The largest absolute Gasteiger partial charge is 0.354 e. The average Bonchev–Trinajstić information content (AvgIpc) is 2.89. The summed E-state index contributed by atoms with van der Waals surface area (Å²) < 4.78 is 28.4. The van der Waals surface area contributed by atoms with Gasteiger partial charge in [-0.05, 0) is 62.2 Å². The lowest BCUT2D eigenvalue weighted by atomic mass is 10.1. The first-order chi connectivity index (χ1) is 17.6. The topological polar surface area (TPSA) is 86.8 Å². The first-order valence-corrected chi connectivity index (χ1v) is 13.9. The van der Waals surface area contributed by atoms with Crippen LogP contribution < -0.4 is 9.62 Å². The molecule has 0 aliphatic heterocycles. The van der Waals surface area contributed by atoms with E-state index in [1.54, 1.807) is 49.4 Å². The number of benzene rings is 3. The molecule has 0 saturated carbocycles. The second kappa shape index (κ2) is 12.7. The minimum atomic E-state index is -4.09. The molecule has 0 bridgehead atoms. The van der Waals surface area contributed by atoms with E-state index in [1.165, 1.54) is 17.0 Å². The van der Waals surface area contributed by atoms with Crippen molar-refractivity contribution in [2.75, 3.05) is 17.4 Å². The fraction of sp³-hybridized carbons (Fsp3) is 0.286. The molecule has 3 rings (SSSR count). The second-order valence-electron chi connectivity index (χ2n) is 8.78. The van der Waals surface area contributed by atoms with Crippen LogP contribution in [0.1, 0.15) is 31.4 Å². The zero-order chi connectivity index (χ0) is 27.0. The van der Waals surface area contributed by atoms with E-state index in [2.05, 4.69) is 5.32 Å². The van der Waals surface area contributed by atoms with Gasteiger partial charge in [0.2, 0.25) is 11.8 Å². The summed E-state index contributed by atoms with van der Waals surface area (Å²) in [5.41, 5.74) is 2.15. The Morgan fingerprint density at radius 2 is 1.65 bits per heavy atom. The summed E-state index contributed by atoms with van der Waals surface area (Å²) in [5.74, 6) is -0.804. The quantitative estimate of drug-likeness (QED) is 0.378. The molecular formula is C28H32ClN3O4S. The summed E-state index contributed by atoms with van der Waals surface area (Å²) in [5, 5.41) is 3.27. The van der Waals surface area contributed by atoms with Gasteiger partial charge in [0.15, 0.2) is 0 Å². The van der Waals surface area contributed by atoms with Crippen molar-refractivity contribution in [1.29, 1.82) is 0 Å². The van der Waals surface area contributed by atoms with Gasteiger partial charge in [-0.25, -0.2) is 8.42 Å². The Labute approximate surface area is 224 Å². The highest BCUT2D eigenvalue weighted by molar-refractivity contribution is 7.92. The minimum absolute atomic E-state index is 0.0525. The van der Waals surface area contributed by atoms with Crippen molar-refractivity contribution in [3.8, 4) is 0 Å². The van der Waals surface area contributed by atoms with Gasteiger partial charge in [-0.2, -0.15) is 0 Å². The molecule has 3 aromatic rings. The number of amides is 2. The molecule has 9 heteroatoms. The van der Waals surface area contributed by atoms with Crippen molar-refractivity contribution < 1.29 is 18.0 Å². The molecule has 1 N–H and O–H groups in total. The van der Waals surface area contributed by atoms with E-state index in [4.69, 9.17) is 11.6 Å².